The number of ether oxygens (including phenoxy) is 2. The first kappa shape index (κ1) is 15.9. The topological polar surface area (TPSA) is 97.8 Å². The Balaban J connectivity index is 2.01. The zero-order valence-electron chi connectivity index (χ0n) is 11.7. The van der Waals surface area contributed by atoms with Gasteiger partial charge in [0.15, 0.2) is 11.7 Å². The molecule has 22 heavy (non-hydrogen) atoms. The van der Waals surface area contributed by atoms with E-state index in [0.717, 1.165) is 5.56 Å². The fourth-order valence-electron chi connectivity index (χ4n) is 1.62. The Hall–Kier alpha value is -2.45. The summed E-state index contributed by atoms with van der Waals surface area (Å²) in [6, 6.07) is 6.88. The maximum Gasteiger partial charge on any atom is 0.341 e. The van der Waals surface area contributed by atoms with Gasteiger partial charge in [0.05, 0.1) is 5.69 Å². The van der Waals surface area contributed by atoms with Gasteiger partial charge >= 0.3 is 5.97 Å². The van der Waals surface area contributed by atoms with E-state index in [1.165, 1.54) is 18.4 Å². The van der Waals surface area contributed by atoms with Crippen LogP contribution >= 0.6 is 11.3 Å². The van der Waals surface area contributed by atoms with Gasteiger partial charge in [0.25, 0.3) is 5.91 Å². The molecule has 2 N–H and O–H groups in total. The molecule has 0 aliphatic heterocycles. The van der Waals surface area contributed by atoms with E-state index in [2.05, 4.69) is 10.3 Å². The fourth-order valence-corrected chi connectivity index (χ4v) is 2.35. The maximum absolute atomic E-state index is 11.4. The summed E-state index contributed by atoms with van der Waals surface area (Å²) in [4.78, 5) is 26.1. The molecule has 0 spiro atoms. The minimum atomic E-state index is -1.03. The Morgan fingerprint density at radius 2 is 2.00 bits per heavy atom. The Morgan fingerprint density at radius 1 is 1.27 bits per heavy atom. The lowest BCUT2D eigenvalue weighted by Crippen LogP contribution is -2.16. The standard InChI is InChI=1S/C14H14N2O5S/c1-20-6-12(17)16-14-15-11(8-22-14)9-2-4-10(5-3-9)21-7-13(18)19/h2-5,8H,6-7H2,1H3,(H,18,19)(H,15,16,17). The van der Waals surface area contributed by atoms with Crippen molar-refractivity contribution in [3.8, 4) is 17.0 Å². The van der Waals surface area contributed by atoms with Gasteiger partial charge in [-0.05, 0) is 24.3 Å². The van der Waals surface area contributed by atoms with Crippen molar-refractivity contribution >= 4 is 28.3 Å². The number of hydrogen-bond acceptors (Lipinski definition) is 6. The van der Waals surface area contributed by atoms with Crippen LogP contribution in [0.4, 0.5) is 5.13 Å². The number of thiazole rings is 1. The van der Waals surface area contributed by atoms with Gasteiger partial charge < -0.3 is 14.6 Å². The summed E-state index contributed by atoms with van der Waals surface area (Å²) >= 11 is 1.31. The van der Waals surface area contributed by atoms with Gasteiger partial charge in [-0.1, -0.05) is 0 Å². The number of carboxylic acid groups (broad SMARTS) is 1. The molecule has 0 unspecified atom stereocenters. The Kier molecular flexibility index (Phi) is 5.45. The molecule has 1 aromatic carbocycles. The Labute approximate surface area is 130 Å². The average Bonchev–Trinajstić information content (AvgIpc) is 2.94. The second-order valence-electron chi connectivity index (χ2n) is 4.23. The van der Waals surface area contributed by atoms with E-state index in [1.54, 1.807) is 24.3 Å². The minimum Gasteiger partial charge on any atom is -0.482 e. The molecule has 0 fully saturated rings. The third kappa shape index (κ3) is 4.54. The van der Waals surface area contributed by atoms with Gasteiger partial charge in [-0.3, -0.25) is 10.1 Å². The number of aromatic nitrogens is 1. The zero-order chi connectivity index (χ0) is 15.9. The SMILES string of the molecule is COCC(=O)Nc1nc(-c2ccc(OCC(=O)O)cc2)cs1. The number of carbonyl (C=O) groups excluding carboxylic acids is 1. The molecule has 0 bridgehead atoms. The van der Waals surface area contributed by atoms with Crippen LogP contribution in [0.1, 0.15) is 0 Å². The first-order valence-corrected chi connectivity index (χ1v) is 7.16. The van der Waals surface area contributed by atoms with Gasteiger partial charge in [0, 0.05) is 18.1 Å². The second kappa shape index (κ2) is 7.53. The van der Waals surface area contributed by atoms with Crippen molar-refractivity contribution in [3.63, 3.8) is 0 Å². The van der Waals surface area contributed by atoms with Crippen LogP contribution in [-0.2, 0) is 14.3 Å². The molecule has 1 heterocycles. The number of aliphatic carboxylic acids is 1. The quantitative estimate of drug-likeness (QED) is 0.807. The van der Waals surface area contributed by atoms with E-state index in [4.69, 9.17) is 14.6 Å². The number of carbonyl (C=O) groups is 2. The van der Waals surface area contributed by atoms with E-state index < -0.39 is 5.97 Å². The monoisotopic (exact) mass is 322 g/mol. The van der Waals surface area contributed by atoms with Crippen molar-refractivity contribution < 1.29 is 24.2 Å². The first-order chi connectivity index (χ1) is 10.6. The summed E-state index contributed by atoms with van der Waals surface area (Å²) in [6.45, 7) is -0.406. The summed E-state index contributed by atoms with van der Waals surface area (Å²) in [7, 11) is 1.45. The smallest absolute Gasteiger partial charge is 0.341 e. The molecule has 2 aromatic rings. The molecule has 8 heteroatoms. The van der Waals surface area contributed by atoms with Crippen LogP contribution < -0.4 is 10.1 Å². The number of amides is 1. The van der Waals surface area contributed by atoms with Crippen molar-refractivity contribution in [1.29, 1.82) is 0 Å². The number of nitrogens with one attached hydrogen (secondary N) is 1. The van der Waals surface area contributed by atoms with Gasteiger partial charge in [-0.15, -0.1) is 11.3 Å². The van der Waals surface area contributed by atoms with Gasteiger partial charge in [0.1, 0.15) is 12.4 Å². The minimum absolute atomic E-state index is 0.0233. The fraction of sp³-hybridized carbons (Fsp3) is 0.214. The highest BCUT2D eigenvalue weighted by atomic mass is 32.1. The second-order valence-corrected chi connectivity index (χ2v) is 5.08. The summed E-state index contributed by atoms with van der Waals surface area (Å²) in [5.74, 6) is -0.823. The van der Waals surface area contributed by atoms with E-state index >= 15 is 0 Å². The molecule has 0 atom stereocenters. The number of nitrogens with zero attached hydrogens (tertiary/aromatic N) is 1. The van der Waals surface area contributed by atoms with Gasteiger partial charge in [-0.2, -0.15) is 0 Å². The van der Waals surface area contributed by atoms with Crippen LogP contribution in [0.15, 0.2) is 29.6 Å². The van der Waals surface area contributed by atoms with Crippen LogP contribution in [0.3, 0.4) is 0 Å². The lowest BCUT2D eigenvalue weighted by Gasteiger charge is -2.03. The number of anilines is 1. The van der Waals surface area contributed by atoms with Crippen molar-refractivity contribution in [1.82, 2.24) is 4.98 Å². The summed E-state index contributed by atoms with van der Waals surface area (Å²) in [6.07, 6.45) is 0. The molecular weight excluding hydrogens is 308 g/mol. The largest absolute Gasteiger partial charge is 0.482 e. The molecule has 1 aromatic heterocycles. The van der Waals surface area contributed by atoms with Gasteiger partial charge in [0.2, 0.25) is 0 Å². The number of benzene rings is 1. The number of rotatable bonds is 7. The Morgan fingerprint density at radius 3 is 2.64 bits per heavy atom. The van der Waals surface area contributed by atoms with Crippen LogP contribution in [0.2, 0.25) is 0 Å². The van der Waals surface area contributed by atoms with Crippen molar-refractivity contribution in [2.45, 2.75) is 0 Å². The van der Waals surface area contributed by atoms with Crippen LogP contribution in [0.5, 0.6) is 5.75 Å². The molecule has 0 saturated heterocycles. The molecule has 0 aliphatic carbocycles. The van der Waals surface area contributed by atoms with Crippen LogP contribution in [0.25, 0.3) is 11.3 Å². The van der Waals surface area contributed by atoms with Crippen molar-refractivity contribution in [2.75, 3.05) is 25.6 Å². The molecule has 0 saturated carbocycles. The lowest BCUT2D eigenvalue weighted by molar-refractivity contribution is -0.139. The highest BCUT2D eigenvalue weighted by Gasteiger charge is 2.08. The molecule has 1 amide bonds. The molecule has 0 aliphatic rings. The molecule has 2 rings (SSSR count). The number of carboxylic acids is 1. The number of methoxy groups -OCH3 is 1. The lowest BCUT2D eigenvalue weighted by atomic mass is 10.2. The normalized spacial score (nSPS) is 10.2. The highest BCUT2D eigenvalue weighted by molar-refractivity contribution is 7.14. The third-order valence-electron chi connectivity index (χ3n) is 2.54. The maximum atomic E-state index is 11.4. The van der Waals surface area contributed by atoms with Crippen LogP contribution in [-0.4, -0.2) is 42.3 Å². The average molecular weight is 322 g/mol. The molecule has 7 nitrogen and oxygen atoms in total. The van der Waals surface area contributed by atoms with Crippen molar-refractivity contribution in [3.05, 3.63) is 29.6 Å². The molecule has 0 radical (unpaired) electrons. The zero-order valence-corrected chi connectivity index (χ0v) is 12.6. The molecule has 116 valence electrons. The molecular formula is C14H14N2O5S. The third-order valence-corrected chi connectivity index (χ3v) is 3.30. The highest BCUT2D eigenvalue weighted by Crippen LogP contribution is 2.26. The predicted molar refractivity (Wildman–Crippen MR) is 81.2 cm³/mol. The predicted octanol–water partition coefficient (Wildman–Crippen LogP) is 1.86. The summed E-state index contributed by atoms with van der Waals surface area (Å²) in [5.41, 5.74) is 1.55. The van der Waals surface area contributed by atoms with E-state index in [1.807, 2.05) is 5.38 Å². The Bertz CT molecular complexity index is 654. The van der Waals surface area contributed by atoms with E-state index in [9.17, 15) is 9.59 Å². The van der Waals surface area contributed by atoms with Crippen molar-refractivity contribution in [2.24, 2.45) is 0 Å². The van der Waals surface area contributed by atoms with Crippen LogP contribution in [0, 0.1) is 0 Å². The van der Waals surface area contributed by atoms with E-state index in [-0.39, 0.29) is 19.1 Å². The summed E-state index contributed by atoms with van der Waals surface area (Å²) in [5, 5.41) is 13.5. The first-order valence-electron chi connectivity index (χ1n) is 6.28. The number of hydrogen-bond donors (Lipinski definition) is 2. The van der Waals surface area contributed by atoms with Gasteiger partial charge in [-0.25, -0.2) is 9.78 Å². The summed E-state index contributed by atoms with van der Waals surface area (Å²) < 4.78 is 9.78. The van der Waals surface area contributed by atoms with E-state index in [0.29, 0.717) is 16.6 Å².